The van der Waals surface area contributed by atoms with Crippen LogP contribution < -0.4 is 10.2 Å². The molecule has 2 aliphatic heterocycles. The number of piperidine rings is 1. The Labute approximate surface area is 109 Å². The Bertz CT molecular complexity index is 443. The highest BCUT2D eigenvalue weighted by Crippen LogP contribution is 2.36. The van der Waals surface area contributed by atoms with Crippen LogP contribution in [0, 0.1) is 5.41 Å². The average molecular weight is 272 g/mol. The summed E-state index contributed by atoms with van der Waals surface area (Å²) in [6, 6.07) is 0. The fourth-order valence-electron chi connectivity index (χ4n) is 2.67. The monoisotopic (exact) mass is 272 g/mol. The van der Waals surface area contributed by atoms with E-state index in [1.54, 1.807) is 0 Å². The van der Waals surface area contributed by atoms with E-state index in [1.165, 1.54) is 6.20 Å². The summed E-state index contributed by atoms with van der Waals surface area (Å²) in [5, 5.41) is 3.28. The Balaban J connectivity index is 1.67. The Morgan fingerprint density at radius 3 is 2.21 bits per heavy atom. The van der Waals surface area contributed by atoms with E-state index >= 15 is 0 Å². The number of alkyl halides is 3. The maximum atomic E-state index is 12.4. The van der Waals surface area contributed by atoms with Crippen LogP contribution in [0.5, 0.6) is 0 Å². The molecule has 0 atom stereocenters. The predicted octanol–water partition coefficient (Wildman–Crippen LogP) is 1.69. The highest BCUT2D eigenvalue weighted by atomic mass is 19.4. The molecule has 0 bridgehead atoms. The molecule has 2 fully saturated rings. The van der Waals surface area contributed by atoms with Crippen LogP contribution in [0.3, 0.4) is 0 Å². The van der Waals surface area contributed by atoms with Crippen LogP contribution in [-0.4, -0.2) is 36.1 Å². The molecule has 2 aliphatic rings. The summed E-state index contributed by atoms with van der Waals surface area (Å²) in [5.41, 5.74) is -0.525. The molecule has 1 aromatic heterocycles. The van der Waals surface area contributed by atoms with Crippen molar-refractivity contribution in [2.24, 2.45) is 5.41 Å². The van der Waals surface area contributed by atoms with Crippen molar-refractivity contribution >= 4 is 5.82 Å². The number of hydrogen-bond donors (Lipinski definition) is 1. The van der Waals surface area contributed by atoms with Crippen LogP contribution in [0.4, 0.5) is 19.0 Å². The molecule has 7 heteroatoms. The third kappa shape index (κ3) is 2.39. The standard InChI is InChI=1S/C12H15F3N4/c13-12(14,15)9-5-18-10(6-17-9)19-3-1-11(2-4-19)7-16-8-11/h5-6,16H,1-4,7-8H2. The van der Waals surface area contributed by atoms with Gasteiger partial charge in [0.1, 0.15) is 5.82 Å². The van der Waals surface area contributed by atoms with Crippen molar-refractivity contribution in [3.05, 3.63) is 18.1 Å². The van der Waals surface area contributed by atoms with Crippen molar-refractivity contribution in [2.45, 2.75) is 19.0 Å². The number of aromatic nitrogens is 2. The number of rotatable bonds is 1. The Morgan fingerprint density at radius 2 is 1.79 bits per heavy atom. The minimum Gasteiger partial charge on any atom is -0.355 e. The van der Waals surface area contributed by atoms with Gasteiger partial charge in [0, 0.05) is 26.2 Å². The zero-order valence-corrected chi connectivity index (χ0v) is 10.4. The maximum absolute atomic E-state index is 12.4. The van der Waals surface area contributed by atoms with Gasteiger partial charge in [-0.15, -0.1) is 0 Å². The number of halogens is 3. The van der Waals surface area contributed by atoms with E-state index in [4.69, 9.17) is 0 Å². The molecule has 0 saturated carbocycles. The summed E-state index contributed by atoms with van der Waals surface area (Å²) in [4.78, 5) is 9.35. The second kappa shape index (κ2) is 4.33. The molecule has 104 valence electrons. The lowest BCUT2D eigenvalue weighted by molar-refractivity contribution is -0.141. The molecule has 3 heterocycles. The van der Waals surface area contributed by atoms with Crippen molar-refractivity contribution in [2.75, 3.05) is 31.1 Å². The second-order valence-corrected chi connectivity index (χ2v) is 5.35. The van der Waals surface area contributed by atoms with Crippen molar-refractivity contribution in [1.29, 1.82) is 0 Å². The lowest BCUT2D eigenvalue weighted by atomic mass is 9.73. The van der Waals surface area contributed by atoms with Crippen LogP contribution in [0.25, 0.3) is 0 Å². The van der Waals surface area contributed by atoms with Gasteiger partial charge in [-0.3, -0.25) is 0 Å². The number of nitrogens with zero attached hydrogens (tertiary/aromatic N) is 3. The molecule has 0 amide bonds. The van der Waals surface area contributed by atoms with E-state index in [0.29, 0.717) is 11.2 Å². The highest BCUT2D eigenvalue weighted by Gasteiger charge is 2.40. The predicted molar refractivity (Wildman–Crippen MR) is 63.8 cm³/mol. The lowest BCUT2D eigenvalue weighted by Gasteiger charge is -2.48. The molecule has 3 rings (SSSR count). The quantitative estimate of drug-likeness (QED) is 0.844. The topological polar surface area (TPSA) is 41.1 Å². The number of nitrogens with one attached hydrogen (secondary N) is 1. The van der Waals surface area contributed by atoms with Gasteiger partial charge in [0.05, 0.1) is 12.4 Å². The van der Waals surface area contributed by atoms with Gasteiger partial charge in [0.15, 0.2) is 5.69 Å². The fraction of sp³-hybridized carbons (Fsp3) is 0.667. The van der Waals surface area contributed by atoms with Gasteiger partial charge in [0.2, 0.25) is 0 Å². The molecule has 0 unspecified atom stereocenters. The average Bonchev–Trinajstić information content (AvgIpc) is 2.36. The summed E-state index contributed by atoms with van der Waals surface area (Å²) in [7, 11) is 0. The van der Waals surface area contributed by atoms with Crippen molar-refractivity contribution in [3.63, 3.8) is 0 Å². The first-order valence-corrected chi connectivity index (χ1v) is 6.34. The first kappa shape index (κ1) is 12.7. The number of anilines is 1. The van der Waals surface area contributed by atoms with Crippen molar-refractivity contribution in [3.8, 4) is 0 Å². The minimum atomic E-state index is -4.42. The van der Waals surface area contributed by atoms with E-state index in [2.05, 4.69) is 15.3 Å². The van der Waals surface area contributed by atoms with Gasteiger partial charge in [-0.2, -0.15) is 13.2 Å². The molecular formula is C12H15F3N4. The van der Waals surface area contributed by atoms with Gasteiger partial charge in [-0.1, -0.05) is 0 Å². The van der Waals surface area contributed by atoms with E-state index < -0.39 is 11.9 Å². The molecule has 0 radical (unpaired) electrons. The molecule has 1 spiro atoms. The molecule has 1 N–H and O–H groups in total. The minimum absolute atomic E-state index is 0.413. The van der Waals surface area contributed by atoms with Crippen LogP contribution in [0.2, 0.25) is 0 Å². The van der Waals surface area contributed by atoms with Crippen LogP contribution >= 0.6 is 0 Å². The van der Waals surface area contributed by atoms with E-state index in [1.807, 2.05) is 4.90 Å². The molecule has 19 heavy (non-hydrogen) atoms. The van der Waals surface area contributed by atoms with Gasteiger partial charge < -0.3 is 10.2 Å². The molecular weight excluding hydrogens is 257 g/mol. The van der Waals surface area contributed by atoms with Crippen LogP contribution in [0.15, 0.2) is 12.4 Å². The summed E-state index contributed by atoms with van der Waals surface area (Å²) in [5.74, 6) is 0.537. The molecule has 2 saturated heterocycles. The summed E-state index contributed by atoms with van der Waals surface area (Å²) in [6.07, 6.45) is -0.273. The molecule has 0 aliphatic carbocycles. The third-order valence-corrected chi connectivity index (χ3v) is 4.08. The normalized spacial score (nSPS) is 22.4. The summed E-state index contributed by atoms with van der Waals surface area (Å²) >= 11 is 0. The zero-order valence-electron chi connectivity index (χ0n) is 10.4. The van der Waals surface area contributed by atoms with Gasteiger partial charge >= 0.3 is 6.18 Å². The van der Waals surface area contributed by atoms with Gasteiger partial charge in [-0.25, -0.2) is 9.97 Å². The van der Waals surface area contributed by atoms with E-state index in [-0.39, 0.29) is 0 Å². The first-order chi connectivity index (χ1) is 8.99. The molecule has 1 aromatic rings. The van der Waals surface area contributed by atoms with Gasteiger partial charge in [0.25, 0.3) is 0 Å². The van der Waals surface area contributed by atoms with Crippen molar-refractivity contribution in [1.82, 2.24) is 15.3 Å². The first-order valence-electron chi connectivity index (χ1n) is 6.34. The van der Waals surface area contributed by atoms with E-state index in [0.717, 1.165) is 45.2 Å². The maximum Gasteiger partial charge on any atom is 0.434 e. The van der Waals surface area contributed by atoms with E-state index in [9.17, 15) is 13.2 Å². The third-order valence-electron chi connectivity index (χ3n) is 4.08. The Morgan fingerprint density at radius 1 is 1.11 bits per heavy atom. The van der Waals surface area contributed by atoms with Crippen molar-refractivity contribution < 1.29 is 13.2 Å². The Hall–Kier alpha value is -1.37. The second-order valence-electron chi connectivity index (χ2n) is 5.35. The highest BCUT2D eigenvalue weighted by molar-refractivity contribution is 5.37. The SMILES string of the molecule is FC(F)(F)c1cnc(N2CCC3(CC2)CNC3)cn1. The summed E-state index contributed by atoms with van der Waals surface area (Å²) in [6.45, 7) is 3.78. The fourth-order valence-corrected chi connectivity index (χ4v) is 2.67. The summed E-state index contributed by atoms with van der Waals surface area (Å²) < 4.78 is 37.2. The van der Waals surface area contributed by atoms with Crippen LogP contribution in [-0.2, 0) is 6.18 Å². The Kier molecular flexibility index (Phi) is 2.88. The smallest absolute Gasteiger partial charge is 0.355 e. The molecule has 0 aromatic carbocycles. The molecule has 4 nitrogen and oxygen atoms in total. The largest absolute Gasteiger partial charge is 0.434 e. The number of hydrogen-bond acceptors (Lipinski definition) is 4. The van der Waals surface area contributed by atoms with Crippen LogP contribution in [0.1, 0.15) is 18.5 Å². The zero-order chi connectivity index (χ0) is 13.5. The van der Waals surface area contributed by atoms with Gasteiger partial charge in [-0.05, 0) is 18.3 Å². The lowest BCUT2D eigenvalue weighted by Crippen LogP contribution is -2.58.